The Balaban J connectivity index is 1.85. The number of ether oxygens (including phenoxy) is 1. The second kappa shape index (κ2) is 8.27. The topological polar surface area (TPSA) is 72.0 Å². The van der Waals surface area contributed by atoms with Crippen molar-refractivity contribution < 1.29 is 9.53 Å². The number of carbonyl (C=O) groups excluding carboxylic acids is 1. The third kappa shape index (κ3) is 4.25. The third-order valence-corrected chi connectivity index (χ3v) is 6.67. The molecule has 0 saturated heterocycles. The summed E-state index contributed by atoms with van der Waals surface area (Å²) in [7, 11) is 0. The molecule has 0 aliphatic carbocycles. The van der Waals surface area contributed by atoms with Gasteiger partial charge in [-0.15, -0.1) is 23.1 Å². The number of rotatable bonds is 6. The summed E-state index contributed by atoms with van der Waals surface area (Å²) in [6.45, 7) is 7.91. The number of nitrogens with zero attached hydrogens (tertiary/aromatic N) is 1. The lowest BCUT2D eigenvalue weighted by molar-refractivity contribution is 0.0531. The van der Waals surface area contributed by atoms with Gasteiger partial charge in [0.2, 0.25) is 0 Å². The van der Waals surface area contributed by atoms with Gasteiger partial charge in [0, 0.05) is 5.75 Å². The summed E-state index contributed by atoms with van der Waals surface area (Å²) in [4.78, 5) is 33.2. The van der Waals surface area contributed by atoms with E-state index in [9.17, 15) is 9.59 Å². The number of H-pyrrole nitrogens is 1. The lowest BCUT2D eigenvalue weighted by Gasteiger charge is -2.10. The van der Waals surface area contributed by atoms with E-state index in [0.29, 0.717) is 33.1 Å². The van der Waals surface area contributed by atoms with Crippen LogP contribution in [0.1, 0.15) is 51.3 Å². The third-order valence-electron chi connectivity index (χ3n) is 4.29. The van der Waals surface area contributed by atoms with Gasteiger partial charge in [0.25, 0.3) is 5.56 Å². The number of thioether (sulfide) groups is 1. The fourth-order valence-corrected chi connectivity index (χ4v) is 4.72. The Labute approximate surface area is 166 Å². The number of thiophene rings is 1. The minimum absolute atomic E-state index is 0.0249. The predicted molar refractivity (Wildman–Crippen MR) is 112 cm³/mol. The van der Waals surface area contributed by atoms with Crippen LogP contribution in [0.2, 0.25) is 0 Å². The monoisotopic (exact) mass is 402 g/mol. The van der Waals surface area contributed by atoms with Crippen molar-refractivity contribution in [3.05, 3.63) is 62.0 Å². The molecule has 3 rings (SSSR count). The maximum absolute atomic E-state index is 12.6. The van der Waals surface area contributed by atoms with Crippen LogP contribution in [0, 0.1) is 13.8 Å². The molecule has 2 aromatic heterocycles. The predicted octanol–water partition coefficient (Wildman–Crippen LogP) is 4.77. The molecule has 2 heterocycles. The van der Waals surface area contributed by atoms with Gasteiger partial charge in [-0.25, -0.2) is 9.78 Å². The van der Waals surface area contributed by atoms with Crippen molar-refractivity contribution in [3.63, 3.8) is 0 Å². The zero-order valence-corrected chi connectivity index (χ0v) is 17.4. The molecule has 1 atom stereocenters. The van der Waals surface area contributed by atoms with E-state index in [1.165, 1.54) is 22.5 Å². The highest BCUT2D eigenvalue weighted by Gasteiger charge is 2.21. The second-order valence-electron chi connectivity index (χ2n) is 6.35. The van der Waals surface area contributed by atoms with E-state index in [4.69, 9.17) is 4.74 Å². The van der Waals surface area contributed by atoms with Crippen LogP contribution >= 0.6 is 23.1 Å². The van der Waals surface area contributed by atoms with E-state index in [1.807, 2.05) is 6.92 Å². The first kappa shape index (κ1) is 19.6. The molecule has 7 heteroatoms. The summed E-state index contributed by atoms with van der Waals surface area (Å²) in [5, 5.41) is 0.499. The van der Waals surface area contributed by atoms with Crippen LogP contribution in [-0.4, -0.2) is 22.5 Å². The highest BCUT2D eigenvalue weighted by molar-refractivity contribution is 7.98. The van der Waals surface area contributed by atoms with Crippen molar-refractivity contribution in [3.8, 4) is 0 Å². The van der Waals surface area contributed by atoms with Crippen molar-refractivity contribution in [2.75, 3.05) is 6.61 Å². The number of hydrogen-bond acceptors (Lipinski definition) is 6. The maximum Gasteiger partial charge on any atom is 0.348 e. The van der Waals surface area contributed by atoms with Gasteiger partial charge < -0.3 is 9.72 Å². The molecule has 3 aromatic rings. The Hall–Kier alpha value is -2.12. The molecule has 0 spiro atoms. The van der Waals surface area contributed by atoms with Crippen LogP contribution in [0.4, 0.5) is 0 Å². The molecule has 142 valence electrons. The van der Waals surface area contributed by atoms with Crippen molar-refractivity contribution in [2.45, 2.75) is 38.7 Å². The fraction of sp³-hybridized carbons (Fsp3) is 0.350. The molecule has 0 unspecified atom stereocenters. The molecule has 0 radical (unpaired) electrons. The number of aromatic amines is 1. The largest absolute Gasteiger partial charge is 0.462 e. The van der Waals surface area contributed by atoms with E-state index in [1.54, 1.807) is 25.6 Å². The Bertz CT molecular complexity index is 1020. The van der Waals surface area contributed by atoms with Gasteiger partial charge in [0.1, 0.15) is 15.5 Å². The molecule has 1 N–H and O–H groups in total. The first-order valence-electron chi connectivity index (χ1n) is 8.78. The summed E-state index contributed by atoms with van der Waals surface area (Å²) >= 11 is 2.93. The van der Waals surface area contributed by atoms with E-state index < -0.39 is 5.97 Å². The van der Waals surface area contributed by atoms with E-state index >= 15 is 0 Å². The average molecular weight is 403 g/mol. The molecule has 0 fully saturated rings. The molecule has 0 saturated carbocycles. The molecule has 0 aliphatic rings. The van der Waals surface area contributed by atoms with Gasteiger partial charge in [0.15, 0.2) is 0 Å². The summed E-state index contributed by atoms with van der Waals surface area (Å²) in [5.41, 5.74) is 2.90. The van der Waals surface area contributed by atoms with Crippen LogP contribution < -0.4 is 5.56 Å². The highest BCUT2D eigenvalue weighted by atomic mass is 32.2. The zero-order valence-electron chi connectivity index (χ0n) is 15.8. The Morgan fingerprint density at radius 3 is 2.67 bits per heavy atom. The summed E-state index contributed by atoms with van der Waals surface area (Å²) < 4.78 is 5.08. The quantitative estimate of drug-likeness (QED) is 0.601. The van der Waals surface area contributed by atoms with E-state index in [0.717, 1.165) is 5.75 Å². The second-order valence-corrected chi connectivity index (χ2v) is 8.67. The molecular formula is C20H22N2O3S2. The van der Waals surface area contributed by atoms with E-state index in [-0.39, 0.29) is 10.8 Å². The van der Waals surface area contributed by atoms with Crippen molar-refractivity contribution in [2.24, 2.45) is 0 Å². The molecule has 0 bridgehead atoms. The lowest BCUT2D eigenvalue weighted by atomic mass is 10.2. The van der Waals surface area contributed by atoms with Crippen LogP contribution in [0.5, 0.6) is 0 Å². The van der Waals surface area contributed by atoms with Gasteiger partial charge in [-0.05, 0) is 38.8 Å². The van der Waals surface area contributed by atoms with Crippen molar-refractivity contribution >= 4 is 39.3 Å². The number of fused-ring (bicyclic) bond motifs is 1. The highest BCUT2D eigenvalue weighted by Crippen LogP contribution is 2.32. The molecule has 27 heavy (non-hydrogen) atoms. The summed E-state index contributed by atoms with van der Waals surface area (Å²) in [6.07, 6.45) is 0. The minimum Gasteiger partial charge on any atom is -0.462 e. The van der Waals surface area contributed by atoms with Crippen LogP contribution in [0.3, 0.4) is 0 Å². The number of hydrogen-bond donors (Lipinski definition) is 1. The van der Waals surface area contributed by atoms with Gasteiger partial charge in [-0.3, -0.25) is 4.79 Å². The first-order chi connectivity index (χ1) is 12.9. The Morgan fingerprint density at radius 2 is 2.00 bits per heavy atom. The number of carbonyl (C=O) groups is 1. The van der Waals surface area contributed by atoms with Gasteiger partial charge >= 0.3 is 5.97 Å². The number of aromatic nitrogens is 2. The number of nitrogens with one attached hydrogen (secondary N) is 1. The summed E-state index contributed by atoms with van der Waals surface area (Å²) in [5.74, 6) is 1.06. The first-order valence-corrected chi connectivity index (χ1v) is 10.6. The zero-order chi connectivity index (χ0) is 19.6. The van der Waals surface area contributed by atoms with Crippen molar-refractivity contribution in [1.29, 1.82) is 0 Å². The molecule has 1 aromatic carbocycles. The molecular weight excluding hydrogens is 380 g/mol. The average Bonchev–Trinajstić information content (AvgIpc) is 2.98. The molecule has 0 amide bonds. The smallest absolute Gasteiger partial charge is 0.348 e. The number of aryl methyl sites for hydroxylation is 2. The van der Waals surface area contributed by atoms with Gasteiger partial charge in [-0.1, -0.05) is 29.8 Å². The fourth-order valence-electron chi connectivity index (χ4n) is 2.73. The SMILES string of the molecule is CCOC(=O)c1sc2nc([C@H](C)SCc3ccc(C)cc3)[nH]c(=O)c2c1C. The normalized spacial score (nSPS) is 12.3. The van der Waals surface area contributed by atoms with Crippen LogP contribution in [-0.2, 0) is 10.5 Å². The van der Waals surface area contributed by atoms with Crippen LogP contribution in [0.25, 0.3) is 10.2 Å². The van der Waals surface area contributed by atoms with Crippen molar-refractivity contribution in [1.82, 2.24) is 9.97 Å². The lowest BCUT2D eigenvalue weighted by Crippen LogP contribution is -2.13. The molecule has 0 aliphatic heterocycles. The van der Waals surface area contributed by atoms with E-state index in [2.05, 4.69) is 41.2 Å². The number of benzene rings is 1. The number of esters is 1. The minimum atomic E-state index is -0.402. The van der Waals surface area contributed by atoms with Gasteiger partial charge in [0.05, 0.1) is 17.2 Å². The maximum atomic E-state index is 12.6. The standard InChI is InChI=1S/C20H22N2O3S2/c1-5-25-20(24)16-12(3)15-18(23)21-17(22-19(15)27-16)13(4)26-10-14-8-6-11(2)7-9-14/h6-9,13H,5,10H2,1-4H3,(H,21,22,23)/t13-/m0/s1. The summed E-state index contributed by atoms with van der Waals surface area (Å²) in [6, 6.07) is 8.42. The van der Waals surface area contributed by atoms with Crippen LogP contribution in [0.15, 0.2) is 29.1 Å². The Kier molecular flexibility index (Phi) is 6.01. The molecule has 5 nitrogen and oxygen atoms in total. The Morgan fingerprint density at radius 1 is 1.30 bits per heavy atom. The van der Waals surface area contributed by atoms with Gasteiger partial charge in [-0.2, -0.15) is 0 Å².